The fraction of sp³-hybridized carbons (Fsp3) is 0.867. The molecule has 1 unspecified atom stereocenters. The summed E-state index contributed by atoms with van der Waals surface area (Å²) in [5.74, 6) is 0.755. The zero-order chi connectivity index (χ0) is 13.2. The Morgan fingerprint density at radius 1 is 1.33 bits per heavy atom. The van der Waals surface area contributed by atoms with Crippen LogP contribution in [0.4, 0.5) is 0 Å². The van der Waals surface area contributed by atoms with Gasteiger partial charge in [-0.1, -0.05) is 26.7 Å². The lowest BCUT2D eigenvalue weighted by atomic mass is 9.80. The summed E-state index contributed by atoms with van der Waals surface area (Å²) in [4.78, 5) is 26.4. The normalized spacial score (nSPS) is 27.6. The lowest BCUT2D eigenvalue weighted by molar-refractivity contribution is -0.146. The summed E-state index contributed by atoms with van der Waals surface area (Å²) in [5.41, 5.74) is -0.0985. The van der Waals surface area contributed by atoms with E-state index in [0.29, 0.717) is 31.2 Å². The maximum absolute atomic E-state index is 12.7. The molecule has 3 nitrogen and oxygen atoms in total. The van der Waals surface area contributed by atoms with Gasteiger partial charge in [-0.05, 0) is 25.7 Å². The van der Waals surface area contributed by atoms with Crippen LogP contribution in [0.15, 0.2) is 0 Å². The molecular formula is C15H25NO2. The number of likely N-dealkylation sites (tertiary alicyclic amines) is 1. The van der Waals surface area contributed by atoms with E-state index in [9.17, 15) is 9.59 Å². The number of amides is 1. The Morgan fingerprint density at radius 3 is 2.56 bits per heavy atom. The van der Waals surface area contributed by atoms with Crippen LogP contribution in [0.2, 0.25) is 0 Å². The molecule has 2 rings (SSSR count). The highest BCUT2D eigenvalue weighted by atomic mass is 16.2. The highest BCUT2D eigenvalue weighted by Gasteiger charge is 2.43. The minimum atomic E-state index is -0.0985. The highest BCUT2D eigenvalue weighted by molar-refractivity contribution is 5.87. The first kappa shape index (κ1) is 13.6. The third-order valence-corrected chi connectivity index (χ3v) is 5.00. The summed E-state index contributed by atoms with van der Waals surface area (Å²) in [6, 6.07) is 0. The van der Waals surface area contributed by atoms with Crippen molar-refractivity contribution < 1.29 is 9.59 Å². The average Bonchev–Trinajstić information content (AvgIpc) is 2.88. The van der Waals surface area contributed by atoms with E-state index in [1.54, 1.807) is 0 Å². The van der Waals surface area contributed by atoms with Gasteiger partial charge in [-0.25, -0.2) is 0 Å². The third-order valence-electron chi connectivity index (χ3n) is 5.00. The molecule has 0 bridgehead atoms. The van der Waals surface area contributed by atoms with Gasteiger partial charge in [0.05, 0.1) is 0 Å². The van der Waals surface area contributed by atoms with Gasteiger partial charge in [0.25, 0.3) is 0 Å². The fourth-order valence-corrected chi connectivity index (χ4v) is 3.56. The molecule has 102 valence electrons. The second-order valence-electron chi connectivity index (χ2n) is 5.91. The van der Waals surface area contributed by atoms with Gasteiger partial charge >= 0.3 is 0 Å². The molecule has 1 aliphatic heterocycles. The first-order chi connectivity index (χ1) is 8.63. The third kappa shape index (κ3) is 2.32. The quantitative estimate of drug-likeness (QED) is 0.773. The number of nitrogens with zero attached hydrogens (tertiary/aromatic N) is 1. The first-order valence-corrected chi connectivity index (χ1v) is 7.45. The van der Waals surface area contributed by atoms with Crippen molar-refractivity contribution in [2.45, 2.75) is 58.8 Å². The van der Waals surface area contributed by atoms with Crippen LogP contribution < -0.4 is 0 Å². The fourth-order valence-electron chi connectivity index (χ4n) is 3.56. The monoisotopic (exact) mass is 251 g/mol. The van der Waals surface area contributed by atoms with Crippen LogP contribution >= 0.6 is 0 Å². The predicted molar refractivity (Wildman–Crippen MR) is 71.2 cm³/mol. The Hall–Kier alpha value is -0.860. The number of Topliss-reactive ketones (excluding diaryl/α,β-unsaturated/α-hetero) is 1. The maximum Gasteiger partial charge on any atom is 0.228 e. The molecule has 3 heteroatoms. The number of hydrogen-bond donors (Lipinski definition) is 0. The van der Waals surface area contributed by atoms with E-state index >= 15 is 0 Å². The van der Waals surface area contributed by atoms with Crippen LogP contribution in [0.1, 0.15) is 58.8 Å². The van der Waals surface area contributed by atoms with E-state index in [1.807, 2.05) is 11.8 Å². The number of carbonyl (C=O) groups excluding carboxylic acids is 2. The molecule has 1 heterocycles. The standard InChI is InChI=1S/C15H25NO2/c1-3-12-11-16(10-7-13(12)17)14(18)15(4-2)8-5-6-9-15/h12H,3-11H2,1-2H3. The molecule has 0 aromatic heterocycles. The summed E-state index contributed by atoms with van der Waals surface area (Å²) in [5, 5.41) is 0. The van der Waals surface area contributed by atoms with Crippen molar-refractivity contribution in [3.8, 4) is 0 Å². The van der Waals surface area contributed by atoms with Gasteiger partial charge in [-0.3, -0.25) is 9.59 Å². The summed E-state index contributed by atoms with van der Waals surface area (Å²) in [6.07, 6.45) is 6.83. The zero-order valence-corrected chi connectivity index (χ0v) is 11.7. The van der Waals surface area contributed by atoms with E-state index in [0.717, 1.165) is 25.7 Å². The zero-order valence-electron chi connectivity index (χ0n) is 11.7. The van der Waals surface area contributed by atoms with E-state index < -0.39 is 0 Å². The van der Waals surface area contributed by atoms with Gasteiger partial charge in [0, 0.05) is 30.8 Å². The number of rotatable bonds is 3. The highest BCUT2D eigenvalue weighted by Crippen LogP contribution is 2.43. The smallest absolute Gasteiger partial charge is 0.228 e. The number of ketones is 1. The number of hydrogen-bond acceptors (Lipinski definition) is 2. The molecule has 1 aliphatic carbocycles. The first-order valence-electron chi connectivity index (χ1n) is 7.45. The molecule has 18 heavy (non-hydrogen) atoms. The van der Waals surface area contributed by atoms with Crippen molar-refractivity contribution in [3.05, 3.63) is 0 Å². The second kappa shape index (κ2) is 5.41. The van der Waals surface area contributed by atoms with Gasteiger partial charge in [-0.2, -0.15) is 0 Å². The Kier molecular flexibility index (Phi) is 4.08. The number of piperidine rings is 1. The Morgan fingerprint density at radius 2 is 2.00 bits per heavy atom. The van der Waals surface area contributed by atoms with Gasteiger partial charge in [-0.15, -0.1) is 0 Å². The van der Waals surface area contributed by atoms with Crippen LogP contribution in [0.25, 0.3) is 0 Å². The summed E-state index contributed by atoms with van der Waals surface area (Å²) in [7, 11) is 0. The van der Waals surface area contributed by atoms with Crippen LogP contribution in [0.5, 0.6) is 0 Å². The molecule has 2 fully saturated rings. The molecule has 1 amide bonds. The number of carbonyl (C=O) groups is 2. The van der Waals surface area contributed by atoms with Crippen molar-refractivity contribution in [1.82, 2.24) is 4.90 Å². The van der Waals surface area contributed by atoms with Crippen LogP contribution in [-0.2, 0) is 9.59 Å². The molecular weight excluding hydrogens is 226 g/mol. The Bertz CT molecular complexity index is 331. The molecule has 0 radical (unpaired) electrons. The van der Waals surface area contributed by atoms with Crippen molar-refractivity contribution in [3.63, 3.8) is 0 Å². The summed E-state index contributed by atoms with van der Waals surface area (Å²) >= 11 is 0. The molecule has 0 aromatic carbocycles. The van der Waals surface area contributed by atoms with Crippen LogP contribution in [-0.4, -0.2) is 29.7 Å². The Labute approximate surface area is 110 Å². The lowest BCUT2D eigenvalue weighted by Crippen LogP contribution is -2.49. The minimum Gasteiger partial charge on any atom is -0.341 e. The van der Waals surface area contributed by atoms with E-state index in [-0.39, 0.29) is 11.3 Å². The topological polar surface area (TPSA) is 37.4 Å². The molecule has 1 saturated carbocycles. The second-order valence-corrected chi connectivity index (χ2v) is 5.91. The van der Waals surface area contributed by atoms with Gasteiger partial charge in [0.15, 0.2) is 0 Å². The van der Waals surface area contributed by atoms with Crippen molar-refractivity contribution in [1.29, 1.82) is 0 Å². The SMILES string of the molecule is CCC1CN(C(=O)C2(CC)CCCC2)CCC1=O. The molecule has 0 N–H and O–H groups in total. The average molecular weight is 251 g/mol. The maximum atomic E-state index is 12.7. The van der Waals surface area contributed by atoms with E-state index in [4.69, 9.17) is 0 Å². The van der Waals surface area contributed by atoms with E-state index in [1.165, 1.54) is 12.8 Å². The van der Waals surface area contributed by atoms with Gasteiger partial charge in [0.1, 0.15) is 5.78 Å². The molecule has 1 atom stereocenters. The largest absolute Gasteiger partial charge is 0.341 e. The van der Waals surface area contributed by atoms with Crippen molar-refractivity contribution >= 4 is 11.7 Å². The molecule has 0 aromatic rings. The Balaban J connectivity index is 2.07. The summed E-state index contributed by atoms with van der Waals surface area (Å²) < 4.78 is 0. The predicted octanol–water partition coefficient (Wildman–Crippen LogP) is 2.78. The molecule has 2 aliphatic rings. The van der Waals surface area contributed by atoms with E-state index in [2.05, 4.69) is 6.92 Å². The summed E-state index contributed by atoms with van der Waals surface area (Å²) in [6.45, 7) is 5.49. The van der Waals surface area contributed by atoms with Crippen molar-refractivity contribution in [2.24, 2.45) is 11.3 Å². The molecule has 0 spiro atoms. The molecule has 1 saturated heterocycles. The minimum absolute atomic E-state index is 0.0815. The van der Waals surface area contributed by atoms with Crippen molar-refractivity contribution in [2.75, 3.05) is 13.1 Å². The van der Waals surface area contributed by atoms with Gasteiger partial charge < -0.3 is 4.90 Å². The lowest BCUT2D eigenvalue weighted by Gasteiger charge is -2.38. The van der Waals surface area contributed by atoms with Crippen LogP contribution in [0, 0.1) is 11.3 Å². The van der Waals surface area contributed by atoms with Crippen LogP contribution in [0.3, 0.4) is 0 Å². The van der Waals surface area contributed by atoms with Gasteiger partial charge in [0.2, 0.25) is 5.91 Å².